The van der Waals surface area contributed by atoms with Crippen LogP contribution in [0, 0.1) is 23.2 Å². The minimum Gasteiger partial charge on any atom is -0.385 e. The Bertz CT molecular complexity index is 1600. The molecule has 240 valence electrons. The summed E-state index contributed by atoms with van der Waals surface area (Å²) in [7, 11) is 0. The van der Waals surface area contributed by atoms with Gasteiger partial charge in [-0.15, -0.1) is 10.2 Å². The molecule has 3 aliphatic rings. The van der Waals surface area contributed by atoms with E-state index in [0.29, 0.717) is 48.8 Å². The molecule has 0 radical (unpaired) electrons. The predicted molar refractivity (Wildman–Crippen MR) is 179 cm³/mol. The molecule has 10 heteroatoms. The van der Waals surface area contributed by atoms with Gasteiger partial charge in [0, 0.05) is 48.7 Å². The molecule has 1 aliphatic heterocycles. The van der Waals surface area contributed by atoms with Crippen LogP contribution in [0.25, 0.3) is 5.70 Å². The molecule has 2 heterocycles. The Morgan fingerprint density at radius 2 is 1.78 bits per heavy atom. The molecule has 10 nitrogen and oxygen atoms in total. The summed E-state index contributed by atoms with van der Waals surface area (Å²) in [5.41, 5.74) is 7.26. The van der Waals surface area contributed by atoms with Crippen molar-refractivity contribution < 1.29 is 4.79 Å². The van der Waals surface area contributed by atoms with Crippen molar-refractivity contribution >= 4 is 11.6 Å². The molecule has 6 atom stereocenters. The van der Waals surface area contributed by atoms with E-state index in [9.17, 15) is 10.1 Å². The van der Waals surface area contributed by atoms with Crippen LogP contribution in [0.5, 0.6) is 0 Å². The number of aromatic nitrogens is 4. The van der Waals surface area contributed by atoms with Crippen molar-refractivity contribution in [2.75, 3.05) is 19.6 Å². The molecule has 2 fully saturated rings. The first-order chi connectivity index (χ1) is 22.2. The number of nitrogens with one attached hydrogen (secondary N) is 4. The number of aryl methyl sites for hydroxylation is 2. The van der Waals surface area contributed by atoms with Crippen molar-refractivity contribution in [1.82, 2.24) is 41.5 Å². The van der Waals surface area contributed by atoms with Crippen molar-refractivity contribution in [2.24, 2.45) is 11.8 Å². The van der Waals surface area contributed by atoms with Crippen molar-refractivity contribution in [2.45, 2.75) is 76.9 Å². The Labute approximate surface area is 271 Å². The molecule has 2 aromatic carbocycles. The standard InChI is InChI=1S/C36H45N9O/c1-7-38-24(6)25-11-13-31-26(15-25)9-10-27-16-28(34(46)39-8-2)12-14-32(27)36(31,35-41-43-44-42-35)18-21(3)40-20-22(4)45-29(19-37)17-30-23(5)33(30)45/h11-16,21,23,29-30,33,38,40H,4,6-10,17-18,20H2,1-3,5H3,(H,39,46)(H,41,42,43,44)/t21-,23+,29?,30-,33+,36?/m1/s1. The van der Waals surface area contributed by atoms with Gasteiger partial charge in [0.15, 0.2) is 5.82 Å². The number of H-pyrrole nitrogens is 1. The average Bonchev–Trinajstić information content (AvgIpc) is 3.40. The van der Waals surface area contributed by atoms with Crippen molar-refractivity contribution in [3.8, 4) is 6.07 Å². The van der Waals surface area contributed by atoms with E-state index < -0.39 is 5.41 Å². The van der Waals surface area contributed by atoms with Crippen LogP contribution in [0.2, 0.25) is 0 Å². The number of fused-ring (bicyclic) bond motifs is 3. The number of benzene rings is 2. The number of hydrogen-bond acceptors (Lipinski definition) is 8. The number of amides is 1. The molecule has 1 amide bonds. The number of carbonyl (C=O) groups excluding carboxylic acids is 1. The summed E-state index contributed by atoms with van der Waals surface area (Å²) in [5.74, 6) is 1.71. The van der Waals surface area contributed by atoms with Gasteiger partial charge in [0.05, 0.1) is 11.5 Å². The van der Waals surface area contributed by atoms with Gasteiger partial charge in [-0.05, 0) is 104 Å². The van der Waals surface area contributed by atoms with Crippen LogP contribution in [-0.4, -0.2) is 69.2 Å². The average molecular weight is 620 g/mol. The second-order valence-corrected chi connectivity index (χ2v) is 13.1. The lowest BCUT2D eigenvalue weighted by molar-refractivity contribution is 0.0955. The van der Waals surface area contributed by atoms with E-state index >= 15 is 0 Å². The smallest absolute Gasteiger partial charge is 0.251 e. The number of nitriles is 1. The highest BCUT2D eigenvalue weighted by molar-refractivity contribution is 5.94. The molecule has 6 rings (SSSR count). The van der Waals surface area contributed by atoms with Gasteiger partial charge in [-0.3, -0.25) is 4.79 Å². The molecular weight excluding hydrogens is 574 g/mol. The number of tetrazole rings is 1. The molecule has 1 saturated heterocycles. The van der Waals surface area contributed by atoms with Crippen LogP contribution in [0.3, 0.4) is 0 Å². The van der Waals surface area contributed by atoms with Gasteiger partial charge in [-0.1, -0.05) is 43.5 Å². The molecule has 1 aromatic heterocycles. The van der Waals surface area contributed by atoms with Crippen molar-refractivity contribution in [3.63, 3.8) is 0 Å². The van der Waals surface area contributed by atoms with Gasteiger partial charge in [0.1, 0.15) is 6.04 Å². The van der Waals surface area contributed by atoms with E-state index in [1.807, 2.05) is 19.1 Å². The largest absolute Gasteiger partial charge is 0.385 e. The zero-order valence-corrected chi connectivity index (χ0v) is 27.4. The fourth-order valence-electron chi connectivity index (χ4n) is 8.03. The maximum absolute atomic E-state index is 12.9. The first kappa shape index (κ1) is 31.5. The normalized spacial score (nSPS) is 24.9. The number of rotatable bonds is 12. The Morgan fingerprint density at radius 1 is 1.11 bits per heavy atom. The molecule has 0 spiro atoms. The van der Waals surface area contributed by atoms with Gasteiger partial charge in [0.2, 0.25) is 0 Å². The molecule has 4 N–H and O–H groups in total. The number of aromatic amines is 1. The molecule has 2 unspecified atom stereocenters. The van der Waals surface area contributed by atoms with Crippen LogP contribution in [0.4, 0.5) is 0 Å². The summed E-state index contributed by atoms with van der Waals surface area (Å²) in [6, 6.07) is 15.4. The topological polar surface area (TPSA) is 135 Å². The summed E-state index contributed by atoms with van der Waals surface area (Å²) in [5, 5.41) is 35.9. The predicted octanol–water partition coefficient (Wildman–Crippen LogP) is 4.08. The van der Waals surface area contributed by atoms with Crippen LogP contribution >= 0.6 is 0 Å². The summed E-state index contributed by atoms with van der Waals surface area (Å²) in [6.45, 7) is 19.1. The fourth-order valence-corrected chi connectivity index (χ4v) is 8.03. The Balaban J connectivity index is 1.39. The first-order valence-electron chi connectivity index (χ1n) is 16.5. The van der Waals surface area contributed by atoms with Crippen LogP contribution < -0.4 is 16.0 Å². The first-order valence-corrected chi connectivity index (χ1v) is 16.5. The van der Waals surface area contributed by atoms with E-state index in [1.54, 1.807) is 0 Å². The Hall–Kier alpha value is -4.49. The maximum atomic E-state index is 12.9. The maximum Gasteiger partial charge on any atom is 0.251 e. The fraction of sp³-hybridized carbons (Fsp3) is 0.472. The Kier molecular flexibility index (Phi) is 8.71. The number of carbonyl (C=O) groups is 1. The number of likely N-dealkylation sites (tertiary alicyclic amines) is 1. The van der Waals surface area contributed by atoms with Crippen molar-refractivity contribution in [1.29, 1.82) is 5.26 Å². The van der Waals surface area contributed by atoms with E-state index in [4.69, 9.17) is 0 Å². The third-order valence-corrected chi connectivity index (χ3v) is 10.3. The van der Waals surface area contributed by atoms with Gasteiger partial charge in [-0.2, -0.15) is 10.5 Å². The van der Waals surface area contributed by atoms with Gasteiger partial charge in [0.25, 0.3) is 5.91 Å². The number of nitrogens with zero attached hydrogens (tertiary/aromatic N) is 5. The molecule has 0 bridgehead atoms. The lowest BCUT2D eigenvalue weighted by Gasteiger charge is -2.37. The van der Waals surface area contributed by atoms with Crippen LogP contribution in [0.15, 0.2) is 55.3 Å². The van der Waals surface area contributed by atoms with E-state index in [1.165, 1.54) is 5.56 Å². The SMILES string of the molecule is C=C(NCC)c1ccc2c(c1)CCc1cc(C(=O)NCC)ccc1C2(C[C@@H](C)NCC(=C)N1C(C#N)C[C@@H]2[C@H](C)[C@@H]21)c1nn[nH]n1. The summed E-state index contributed by atoms with van der Waals surface area (Å²) in [4.78, 5) is 15.2. The highest BCUT2D eigenvalue weighted by Gasteiger charge is 2.58. The van der Waals surface area contributed by atoms with E-state index in [0.717, 1.165) is 59.5 Å². The molecule has 2 aliphatic carbocycles. The summed E-state index contributed by atoms with van der Waals surface area (Å²) < 4.78 is 0. The Morgan fingerprint density at radius 3 is 2.41 bits per heavy atom. The van der Waals surface area contributed by atoms with Gasteiger partial charge < -0.3 is 20.9 Å². The monoisotopic (exact) mass is 619 g/mol. The minimum atomic E-state index is -0.751. The second kappa shape index (κ2) is 12.7. The molecule has 1 saturated carbocycles. The van der Waals surface area contributed by atoms with Crippen molar-refractivity contribution in [3.05, 3.63) is 94.5 Å². The summed E-state index contributed by atoms with van der Waals surface area (Å²) in [6.07, 6.45) is 3.11. The molecular formula is C36H45N9O. The number of hydrogen-bond donors (Lipinski definition) is 4. The number of piperidine rings is 1. The van der Waals surface area contributed by atoms with Crippen LogP contribution in [-0.2, 0) is 18.3 Å². The third kappa shape index (κ3) is 5.47. The molecule has 46 heavy (non-hydrogen) atoms. The zero-order valence-electron chi connectivity index (χ0n) is 27.4. The third-order valence-electron chi connectivity index (χ3n) is 10.3. The highest BCUT2D eigenvalue weighted by atomic mass is 16.1. The lowest BCUT2D eigenvalue weighted by atomic mass is 9.67. The van der Waals surface area contributed by atoms with E-state index in [-0.39, 0.29) is 18.0 Å². The zero-order chi connectivity index (χ0) is 32.6. The second-order valence-electron chi connectivity index (χ2n) is 13.1. The van der Waals surface area contributed by atoms with E-state index in [2.05, 4.69) is 106 Å². The lowest BCUT2D eigenvalue weighted by Crippen LogP contribution is -2.43. The minimum absolute atomic E-state index is 0.00378. The quantitative estimate of drug-likeness (QED) is 0.238. The van der Waals surface area contributed by atoms with Gasteiger partial charge >= 0.3 is 0 Å². The van der Waals surface area contributed by atoms with Gasteiger partial charge in [-0.25, -0.2) is 0 Å². The summed E-state index contributed by atoms with van der Waals surface area (Å²) >= 11 is 0. The highest BCUT2D eigenvalue weighted by Crippen LogP contribution is 2.54. The van der Waals surface area contributed by atoms with Crippen LogP contribution in [0.1, 0.15) is 84.5 Å². The molecule has 3 aromatic rings.